The third-order valence-electron chi connectivity index (χ3n) is 9.71. The fourth-order valence-electron chi connectivity index (χ4n) is 8.14. The quantitative estimate of drug-likeness (QED) is 0.180. The van der Waals surface area contributed by atoms with E-state index in [1.807, 2.05) is 0 Å². The van der Waals surface area contributed by atoms with E-state index >= 15 is 0 Å². The van der Waals surface area contributed by atoms with E-state index < -0.39 is 0 Å². The van der Waals surface area contributed by atoms with Gasteiger partial charge in [-0.3, -0.25) is 9.59 Å². The van der Waals surface area contributed by atoms with Crippen LogP contribution in [-0.2, 0) is 14.3 Å². The molecule has 0 radical (unpaired) electrons. The minimum atomic E-state index is -0.112. The number of unbranched alkanes of at least 4 members (excludes halogenated alkanes) is 1. The van der Waals surface area contributed by atoms with Crippen molar-refractivity contribution in [1.82, 2.24) is 0 Å². The molecule has 3 heteroatoms. The first-order valence-corrected chi connectivity index (χ1v) is 15.9. The maximum absolute atomic E-state index is 13.7. The van der Waals surface area contributed by atoms with E-state index in [1.165, 1.54) is 69.6 Å². The Hall–Kier alpha value is -1.64. The average molecular weight is 525 g/mol. The first-order chi connectivity index (χ1) is 18.3. The van der Waals surface area contributed by atoms with Crippen LogP contribution in [0.3, 0.4) is 0 Å². The van der Waals surface area contributed by atoms with E-state index in [0.717, 1.165) is 56.3 Å². The van der Waals surface area contributed by atoms with Crippen molar-refractivity contribution in [2.75, 3.05) is 7.11 Å². The predicted molar refractivity (Wildman–Crippen MR) is 158 cm³/mol. The molecule has 1 aromatic carbocycles. The van der Waals surface area contributed by atoms with Crippen LogP contribution in [0.1, 0.15) is 134 Å². The van der Waals surface area contributed by atoms with Crippen molar-refractivity contribution < 1.29 is 14.3 Å². The summed E-state index contributed by atoms with van der Waals surface area (Å²) >= 11 is 0. The summed E-state index contributed by atoms with van der Waals surface area (Å²) < 4.78 is 4.85. The summed E-state index contributed by atoms with van der Waals surface area (Å²) in [5, 5.41) is 0. The number of hydrogen-bond donors (Lipinski definition) is 0. The molecule has 2 aliphatic carbocycles. The van der Waals surface area contributed by atoms with Crippen molar-refractivity contribution in [1.29, 1.82) is 0 Å². The lowest BCUT2D eigenvalue weighted by molar-refractivity contribution is -0.140. The van der Waals surface area contributed by atoms with Crippen LogP contribution in [0, 0.1) is 42.4 Å². The molecule has 2 aliphatic rings. The summed E-state index contributed by atoms with van der Waals surface area (Å²) in [6, 6.07) is 8.99. The number of hydrogen-bond acceptors (Lipinski definition) is 3. The Kier molecular flexibility index (Phi) is 12.9. The van der Waals surface area contributed by atoms with Gasteiger partial charge in [-0.05, 0) is 106 Å². The van der Waals surface area contributed by atoms with Crippen LogP contribution in [0.25, 0.3) is 0 Å². The smallest absolute Gasteiger partial charge is 0.305 e. The molecule has 214 valence electrons. The van der Waals surface area contributed by atoms with E-state index in [9.17, 15) is 9.59 Å². The zero-order valence-corrected chi connectivity index (χ0v) is 25.2. The zero-order chi connectivity index (χ0) is 27.5. The highest BCUT2D eigenvalue weighted by atomic mass is 16.5. The normalized spacial score (nSPS) is 27.4. The molecular weight excluding hydrogens is 468 g/mol. The fraction of sp³-hybridized carbons (Fsp3) is 0.771. The molecule has 2 saturated carbocycles. The zero-order valence-electron chi connectivity index (χ0n) is 25.2. The first-order valence-electron chi connectivity index (χ1n) is 15.9. The maximum atomic E-state index is 13.7. The van der Waals surface area contributed by atoms with Gasteiger partial charge in [0, 0.05) is 18.8 Å². The molecule has 38 heavy (non-hydrogen) atoms. The summed E-state index contributed by atoms with van der Waals surface area (Å²) in [5.74, 6) is 4.77. The highest BCUT2D eigenvalue weighted by molar-refractivity contribution is 5.81. The summed E-state index contributed by atoms with van der Waals surface area (Å²) in [7, 11) is 1.47. The van der Waals surface area contributed by atoms with Crippen molar-refractivity contribution in [2.45, 2.75) is 130 Å². The van der Waals surface area contributed by atoms with Crippen molar-refractivity contribution in [3.63, 3.8) is 0 Å². The topological polar surface area (TPSA) is 43.4 Å². The molecule has 3 nitrogen and oxygen atoms in total. The molecule has 6 unspecified atom stereocenters. The van der Waals surface area contributed by atoms with Crippen molar-refractivity contribution in [3.8, 4) is 0 Å². The van der Waals surface area contributed by atoms with Gasteiger partial charge in [0.25, 0.3) is 0 Å². The van der Waals surface area contributed by atoms with Gasteiger partial charge < -0.3 is 4.74 Å². The number of carbonyl (C=O) groups excluding carboxylic acids is 2. The fourth-order valence-corrected chi connectivity index (χ4v) is 8.14. The monoisotopic (exact) mass is 524 g/mol. The molecule has 6 atom stereocenters. The number of aryl methyl sites for hydroxylation is 1. The summed E-state index contributed by atoms with van der Waals surface area (Å²) in [6.07, 6.45) is 16.5. The van der Waals surface area contributed by atoms with E-state index in [1.54, 1.807) is 0 Å². The molecule has 0 bridgehead atoms. The van der Waals surface area contributed by atoms with Gasteiger partial charge in [0.1, 0.15) is 5.78 Å². The Bertz CT molecular complexity index is 850. The van der Waals surface area contributed by atoms with Gasteiger partial charge in [0.2, 0.25) is 0 Å². The molecular formula is C35H56O3. The van der Waals surface area contributed by atoms with Crippen molar-refractivity contribution in [2.24, 2.45) is 35.5 Å². The second-order valence-corrected chi connectivity index (χ2v) is 13.3. The Morgan fingerprint density at radius 3 is 2.45 bits per heavy atom. The number of esters is 1. The third-order valence-corrected chi connectivity index (χ3v) is 9.71. The van der Waals surface area contributed by atoms with E-state index in [-0.39, 0.29) is 11.9 Å². The van der Waals surface area contributed by atoms with Crippen molar-refractivity contribution in [3.05, 3.63) is 35.4 Å². The molecule has 0 aliphatic heterocycles. The minimum Gasteiger partial charge on any atom is -0.469 e. The number of benzene rings is 1. The predicted octanol–water partition coefficient (Wildman–Crippen LogP) is 9.46. The highest BCUT2D eigenvalue weighted by Gasteiger charge is 2.34. The molecule has 0 N–H and O–H groups in total. The van der Waals surface area contributed by atoms with Crippen LogP contribution in [-0.4, -0.2) is 18.9 Å². The van der Waals surface area contributed by atoms with Crippen LogP contribution >= 0.6 is 0 Å². The standard InChI is InChI=1S/C35H56O3/c1-6-11-28(22-29-19-26(3)18-27(4)20-29)23-34(36)32-15-10-14-31(24-32)33(16-7-8-17-35(37)38-5)30-13-9-12-25(2)21-30/h9,12-13,21,26-29,31-33H,6-8,10-11,14-20,22-24H2,1-5H3. The van der Waals surface area contributed by atoms with Gasteiger partial charge in [-0.1, -0.05) is 76.3 Å². The van der Waals surface area contributed by atoms with Crippen LogP contribution < -0.4 is 0 Å². The van der Waals surface area contributed by atoms with Gasteiger partial charge in [-0.25, -0.2) is 0 Å². The average Bonchev–Trinajstić information content (AvgIpc) is 2.88. The number of rotatable bonds is 14. The highest BCUT2D eigenvalue weighted by Crippen LogP contribution is 2.43. The number of ether oxygens (including phenoxy) is 1. The van der Waals surface area contributed by atoms with Gasteiger partial charge >= 0.3 is 5.97 Å². The van der Waals surface area contributed by atoms with E-state index in [2.05, 4.69) is 52.0 Å². The van der Waals surface area contributed by atoms with E-state index in [4.69, 9.17) is 4.74 Å². The molecule has 2 fully saturated rings. The second kappa shape index (κ2) is 15.8. The SMILES string of the molecule is CCCC(CC(=O)C1CCCC(C(CCCCC(=O)OC)c2cccc(C)c2)C1)CC1CC(C)CC(C)C1. The molecule has 1 aromatic rings. The van der Waals surface area contributed by atoms with Crippen LogP contribution in [0.2, 0.25) is 0 Å². The molecule has 0 amide bonds. The summed E-state index contributed by atoms with van der Waals surface area (Å²) in [6.45, 7) is 9.30. The maximum Gasteiger partial charge on any atom is 0.305 e. The molecule has 0 spiro atoms. The summed E-state index contributed by atoms with van der Waals surface area (Å²) in [5.41, 5.74) is 2.73. The third kappa shape index (κ3) is 9.83. The largest absolute Gasteiger partial charge is 0.469 e. The van der Waals surface area contributed by atoms with Gasteiger partial charge in [0.05, 0.1) is 7.11 Å². The summed E-state index contributed by atoms with van der Waals surface area (Å²) in [4.78, 5) is 25.4. The lowest BCUT2D eigenvalue weighted by atomic mass is 9.68. The molecule has 0 heterocycles. The van der Waals surface area contributed by atoms with Crippen molar-refractivity contribution >= 4 is 11.8 Å². The van der Waals surface area contributed by atoms with E-state index in [0.29, 0.717) is 30.0 Å². The van der Waals surface area contributed by atoms with Gasteiger partial charge in [-0.2, -0.15) is 0 Å². The van der Waals surface area contributed by atoms with Gasteiger partial charge in [-0.15, -0.1) is 0 Å². The number of ketones is 1. The van der Waals surface area contributed by atoms with Crippen LogP contribution in [0.5, 0.6) is 0 Å². The Labute approximate surface area is 233 Å². The number of Topliss-reactive ketones (excluding diaryl/α,β-unsaturated/α-hetero) is 1. The second-order valence-electron chi connectivity index (χ2n) is 13.3. The lowest BCUT2D eigenvalue weighted by Crippen LogP contribution is -2.29. The Balaban J connectivity index is 1.63. The molecule has 0 aromatic heterocycles. The van der Waals surface area contributed by atoms with Crippen LogP contribution in [0.4, 0.5) is 0 Å². The van der Waals surface area contributed by atoms with Crippen LogP contribution in [0.15, 0.2) is 24.3 Å². The Morgan fingerprint density at radius 1 is 1.00 bits per heavy atom. The minimum absolute atomic E-state index is 0.112. The Morgan fingerprint density at radius 2 is 1.76 bits per heavy atom. The number of methoxy groups -OCH3 is 1. The first kappa shape index (κ1) is 30.9. The van der Waals surface area contributed by atoms with Gasteiger partial charge in [0.15, 0.2) is 0 Å². The lowest BCUT2D eigenvalue weighted by Gasteiger charge is -2.36. The number of carbonyl (C=O) groups is 2. The molecule has 3 rings (SSSR count). The molecule has 0 saturated heterocycles.